The zero-order valence-electron chi connectivity index (χ0n) is 27.1. The van der Waals surface area contributed by atoms with Crippen LogP contribution < -0.4 is 0 Å². The van der Waals surface area contributed by atoms with Gasteiger partial charge < -0.3 is 38.6 Å². The summed E-state index contributed by atoms with van der Waals surface area (Å²) in [5.74, 6) is -0.902. The maximum Gasteiger partial charge on any atom is 0.337 e. The lowest BCUT2D eigenvalue weighted by molar-refractivity contribution is -0.170. The van der Waals surface area contributed by atoms with Crippen LogP contribution in [0.1, 0.15) is 43.0 Å². The van der Waals surface area contributed by atoms with Crippen molar-refractivity contribution in [3.05, 3.63) is 143 Å². The molecule has 4 rings (SSSR count). The lowest BCUT2D eigenvalue weighted by atomic mass is 10.0. The third kappa shape index (κ3) is 11.4. The Morgan fingerprint density at radius 2 is 0.833 bits per heavy atom. The number of esters is 2. The van der Waals surface area contributed by atoms with E-state index in [1.54, 1.807) is 48.5 Å². The number of carbonyl (C=O) groups is 2. The average molecular weight is 659 g/mol. The molecule has 0 radical (unpaired) electrons. The second-order valence-electron chi connectivity index (χ2n) is 11.1. The largest absolute Gasteiger partial charge is 0.465 e. The predicted molar refractivity (Wildman–Crippen MR) is 177 cm³/mol. The Labute approximate surface area is 280 Å². The molecule has 254 valence electrons. The molecular weight excluding hydrogens is 616 g/mol. The number of benzene rings is 4. The predicted octanol–water partition coefficient (Wildman–Crippen LogP) is 4.89. The van der Waals surface area contributed by atoms with E-state index >= 15 is 0 Å². The van der Waals surface area contributed by atoms with Crippen molar-refractivity contribution in [3.8, 4) is 0 Å². The zero-order valence-corrected chi connectivity index (χ0v) is 27.1. The summed E-state index contributed by atoms with van der Waals surface area (Å²) in [6.45, 7) is 0.651. The minimum absolute atomic E-state index is 0.0278. The van der Waals surface area contributed by atoms with Crippen LogP contribution in [0.5, 0.6) is 0 Å². The number of hydrogen-bond acceptors (Lipinski definition) is 10. The number of hydrogen-bond donors (Lipinski definition) is 2. The van der Waals surface area contributed by atoms with E-state index in [0.29, 0.717) is 11.1 Å². The minimum atomic E-state index is -1.43. The molecule has 0 bridgehead atoms. The summed E-state index contributed by atoms with van der Waals surface area (Å²) in [6.07, 6.45) is -4.77. The molecule has 0 aromatic heterocycles. The van der Waals surface area contributed by atoms with Gasteiger partial charge in [-0.3, -0.25) is 0 Å². The van der Waals surface area contributed by atoms with Crippen molar-refractivity contribution in [3.63, 3.8) is 0 Å². The van der Waals surface area contributed by atoms with Crippen LogP contribution in [0.15, 0.2) is 109 Å². The van der Waals surface area contributed by atoms with E-state index in [9.17, 15) is 19.8 Å². The Kier molecular flexibility index (Phi) is 14.7. The van der Waals surface area contributed by atoms with Gasteiger partial charge in [0.15, 0.2) is 0 Å². The van der Waals surface area contributed by atoms with Crippen molar-refractivity contribution in [2.75, 3.05) is 27.4 Å². The summed E-state index contributed by atoms with van der Waals surface area (Å²) < 4.78 is 33.6. The normalized spacial score (nSPS) is 13.7. The van der Waals surface area contributed by atoms with Gasteiger partial charge in [-0.1, -0.05) is 84.9 Å². The van der Waals surface area contributed by atoms with Crippen molar-refractivity contribution >= 4 is 11.9 Å². The number of aliphatic hydroxyl groups excluding tert-OH is 2. The molecule has 0 fully saturated rings. The van der Waals surface area contributed by atoms with Gasteiger partial charge in [0.25, 0.3) is 0 Å². The van der Waals surface area contributed by atoms with Gasteiger partial charge in [-0.25, -0.2) is 9.59 Å². The van der Waals surface area contributed by atoms with Crippen LogP contribution in [0, 0.1) is 0 Å². The molecule has 0 aliphatic rings. The molecule has 4 aromatic rings. The van der Waals surface area contributed by atoms with E-state index in [4.69, 9.17) is 28.4 Å². The standard InChI is InChI=1S/C38H42O10/c1-43-37(41)31-17-13-29(14-18-31)23-47-33(25-45-21-27-9-5-3-6-10-27)35(39)36(40)34(26-46-22-28-11-7-4-8-12-28)48-24-30-15-19-32(20-16-30)38(42)44-2/h3-20,33-36,39-40H,21-26H2,1-2H3/t33-,34-,35-,36-/m1/s1. The maximum atomic E-state index is 11.8. The van der Waals surface area contributed by atoms with Gasteiger partial charge >= 0.3 is 11.9 Å². The summed E-state index contributed by atoms with van der Waals surface area (Å²) >= 11 is 0. The number of rotatable bonds is 19. The van der Waals surface area contributed by atoms with Gasteiger partial charge in [-0.05, 0) is 46.5 Å². The highest BCUT2D eigenvalue weighted by Gasteiger charge is 2.34. The molecule has 0 amide bonds. The first-order valence-electron chi connectivity index (χ1n) is 15.5. The molecule has 0 aliphatic carbocycles. The Morgan fingerprint density at radius 3 is 1.17 bits per heavy atom. The van der Waals surface area contributed by atoms with Crippen LogP contribution in [-0.2, 0) is 54.8 Å². The molecule has 4 atom stereocenters. The third-order valence-electron chi connectivity index (χ3n) is 7.58. The van der Waals surface area contributed by atoms with E-state index < -0.39 is 36.4 Å². The van der Waals surface area contributed by atoms with E-state index in [1.807, 2.05) is 60.7 Å². The van der Waals surface area contributed by atoms with Crippen molar-refractivity contribution < 1.29 is 48.2 Å². The van der Waals surface area contributed by atoms with Gasteiger partial charge in [0.2, 0.25) is 0 Å². The Morgan fingerprint density at radius 1 is 0.500 bits per heavy atom. The van der Waals surface area contributed by atoms with E-state index in [0.717, 1.165) is 22.3 Å². The Hall–Kier alpha value is -4.42. The zero-order chi connectivity index (χ0) is 34.1. The van der Waals surface area contributed by atoms with Gasteiger partial charge in [-0.15, -0.1) is 0 Å². The monoisotopic (exact) mass is 658 g/mol. The van der Waals surface area contributed by atoms with Crippen LogP contribution in [-0.4, -0.2) is 74.0 Å². The van der Waals surface area contributed by atoms with E-state index in [-0.39, 0.29) is 39.6 Å². The van der Waals surface area contributed by atoms with Crippen molar-refractivity contribution in [2.24, 2.45) is 0 Å². The summed E-state index contributed by atoms with van der Waals surface area (Å²) in [5.41, 5.74) is 4.17. The highest BCUT2D eigenvalue weighted by Crippen LogP contribution is 2.18. The molecule has 2 N–H and O–H groups in total. The van der Waals surface area contributed by atoms with E-state index in [1.165, 1.54) is 14.2 Å². The maximum absolute atomic E-state index is 11.8. The molecule has 0 saturated heterocycles. The molecule has 0 saturated carbocycles. The molecule has 4 aromatic carbocycles. The highest BCUT2D eigenvalue weighted by molar-refractivity contribution is 5.89. The number of carbonyl (C=O) groups excluding carboxylic acids is 2. The van der Waals surface area contributed by atoms with Gasteiger partial charge in [0.1, 0.15) is 24.4 Å². The van der Waals surface area contributed by atoms with Crippen LogP contribution in [0.3, 0.4) is 0 Å². The second kappa shape index (κ2) is 19.4. The van der Waals surface area contributed by atoms with Crippen LogP contribution in [0.25, 0.3) is 0 Å². The molecule has 48 heavy (non-hydrogen) atoms. The minimum Gasteiger partial charge on any atom is -0.465 e. The summed E-state index contributed by atoms with van der Waals surface area (Å²) in [7, 11) is 2.63. The first kappa shape index (κ1) is 36.4. The molecule has 0 spiro atoms. The first-order chi connectivity index (χ1) is 23.4. The molecule has 0 aliphatic heterocycles. The topological polar surface area (TPSA) is 130 Å². The Balaban J connectivity index is 1.47. The molecule has 10 nitrogen and oxygen atoms in total. The molecular formula is C38H42O10. The van der Waals surface area contributed by atoms with Gasteiger partial charge in [-0.2, -0.15) is 0 Å². The van der Waals surface area contributed by atoms with Crippen LogP contribution >= 0.6 is 0 Å². The fourth-order valence-electron chi connectivity index (χ4n) is 4.78. The van der Waals surface area contributed by atoms with Crippen molar-refractivity contribution in [1.82, 2.24) is 0 Å². The van der Waals surface area contributed by atoms with E-state index in [2.05, 4.69) is 0 Å². The average Bonchev–Trinajstić information content (AvgIpc) is 3.14. The quantitative estimate of drug-likeness (QED) is 0.134. The third-order valence-corrected chi connectivity index (χ3v) is 7.58. The fourth-order valence-corrected chi connectivity index (χ4v) is 4.78. The number of ether oxygens (including phenoxy) is 6. The lowest BCUT2D eigenvalue weighted by Gasteiger charge is -2.32. The first-order valence-corrected chi connectivity index (χ1v) is 15.5. The van der Waals surface area contributed by atoms with Crippen LogP contribution in [0.4, 0.5) is 0 Å². The summed E-state index contributed by atoms with van der Waals surface area (Å²) in [5, 5.41) is 23.0. The SMILES string of the molecule is COC(=O)c1ccc(CO[C@H](COCc2ccccc2)[C@@H](O)[C@H](O)[C@@H](COCc2ccccc2)OCc2ccc(C(=O)OC)cc2)cc1. The Bertz CT molecular complexity index is 1390. The van der Waals surface area contributed by atoms with Gasteiger partial charge in [0.05, 0.1) is 65.0 Å². The molecule has 0 unspecified atom stereocenters. The summed E-state index contributed by atoms with van der Waals surface area (Å²) in [6, 6.07) is 32.6. The number of methoxy groups -OCH3 is 2. The lowest BCUT2D eigenvalue weighted by Crippen LogP contribution is -2.49. The molecule has 10 heteroatoms. The number of aliphatic hydroxyl groups is 2. The van der Waals surface area contributed by atoms with Crippen LogP contribution in [0.2, 0.25) is 0 Å². The fraction of sp³-hybridized carbons (Fsp3) is 0.316. The second-order valence-corrected chi connectivity index (χ2v) is 11.1. The highest BCUT2D eigenvalue weighted by atomic mass is 16.6. The molecule has 0 heterocycles. The van der Waals surface area contributed by atoms with Gasteiger partial charge in [0, 0.05) is 0 Å². The summed E-state index contributed by atoms with van der Waals surface area (Å²) in [4.78, 5) is 23.7. The van der Waals surface area contributed by atoms with Crippen molar-refractivity contribution in [1.29, 1.82) is 0 Å². The van der Waals surface area contributed by atoms with Crippen molar-refractivity contribution in [2.45, 2.75) is 50.8 Å². The smallest absolute Gasteiger partial charge is 0.337 e.